The molecule has 0 amide bonds. The summed E-state index contributed by atoms with van der Waals surface area (Å²) in [6, 6.07) is 7.98. The predicted octanol–water partition coefficient (Wildman–Crippen LogP) is 2.34. The number of aryl methyl sites for hydroxylation is 1. The van der Waals surface area contributed by atoms with Crippen molar-refractivity contribution in [2.75, 3.05) is 10.4 Å². The second-order valence-corrected chi connectivity index (χ2v) is 6.61. The van der Waals surface area contributed by atoms with Crippen LogP contribution in [0.5, 0.6) is 0 Å². The third-order valence-electron chi connectivity index (χ3n) is 4.03. The van der Waals surface area contributed by atoms with E-state index in [-0.39, 0.29) is 0 Å². The molecular weight excluding hydrogens is 336 g/mol. The molecule has 1 aliphatic rings. The van der Waals surface area contributed by atoms with Gasteiger partial charge in [0.1, 0.15) is 4.83 Å². The third kappa shape index (κ3) is 2.49. The van der Waals surface area contributed by atoms with E-state index in [1.165, 1.54) is 0 Å². The highest BCUT2D eigenvalue weighted by atomic mass is 32.1. The predicted molar refractivity (Wildman–Crippen MR) is 96.8 cm³/mol. The lowest BCUT2D eigenvalue weighted by Crippen LogP contribution is -2.35. The average Bonchev–Trinajstić information content (AvgIpc) is 3.34. The lowest BCUT2D eigenvalue weighted by atomic mass is 10.2. The molecule has 0 saturated carbocycles. The topological polar surface area (TPSA) is 83.8 Å². The summed E-state index contributed by atoms with van der Waals surface area (Å²) in [6.07, 6.45) is 3.77. The molecule has 1 aliphatic heterocycles. The van der Waals surface area contributed by atoms with Crippen molar-refractivity contribution in [2.24, 2.45) is 7.05 Å². The number of anilines is 2. The number of hydrogen-bond donors (Lipinski definition) is 2. The summed E-state index contributed by atoms with van der Waals surface area (Å²) in [4.78, 5) is 14.7. The van der Waals surface area contributed by atoms with Gasteiger partial charge in [-0.2, -0.15) is 5.10 Å². The zero-order valence-electron chi connectivity index (χ0n) is 13.3. The number of fused-ring (bicyclic) bond motifs is 2. The summed E-state index contributed by atoms with van der Waals surface area (Å²) in [6.45, 7) is 0.595. The van der Waals surface area contributed by atoms with Crippen molar-refractivity contribution < 1.29 is 0 Å². The van der Waals surface area contributed by atoms with Crippen molar-refractivity contribution in [1.29, 1.82) is 0 Å². The highest BCUT2D eigenvalue weighted by Crippen LogP contribution is 2.31. The SMILES string of the molecule is Cn1cc(-c2ccc3c(n2)N(Cc2ccc4ncsc4n2)NN3)cn1. The molecule has 5 rings (SSSR count). The molecule has 4 aromatic heterocycles. The molecule has 124 valence electrons. The molecule has 0 saturated heterocycles. The first-order valence-corrected chi connectivity index (χ1v) is 8.63. The van der Waals surface area contributed by atoms with Crippen LogP contribution in [0.2, 0.25) is 0 Å². The van der Waals surface area contributed by atoms with Crippen molar-refractivity contribution in [3.63, 3.8) is 0 Å². The first-order chi connectivity index (χ1) is 12.3. The minimum absolute atomic E-state index is 0.595. The van der Waals surface area contributed by atoms with Crippen molar-refractivity contribution >= 4 is 33.2 Å². The Morgan fingerprint density at radius 2 is 2.12 bits per heavy atom. The van der Waals surface area contributed by atoms with Crippen LogP contribution >= 0.6 is 11.3 Å². The quantitative estimate of drug-likeness (QED) is 0.587. The minimum Gasteiger partial charge on any atom is -0.300 e. The van der Waals surface area contributed by atoms with Crippen LogP contribution < -0.4 is 16.0 Å². The monoisotopic (exact) mass is 350 g/mol. The maximum absolute atomic E-state index is 4.78. The number of pyridine rings is 2. The van der Waals surface area contributed by atoms with Gasteiger partial charge in [0.15, 0.2) is 5.82 Å². The number of hydrazine groups is 2. The molecule has 0 unspecified atom stereocenters. The maximum atomic E-state index is 4.78. The fraction of sp³-hybridized carbons (Fsp3) is 0.125. The molecule has 0 bridgehead atoms. The molecule has 0 aromatic carbocycles. The summed E-state index contributed by atoms with van der Waals surface area (Å²) >= 11 is 1.55. The third-order valence-corrected chi connectivity index (χ3v) is 4.77. The normalized spacial score (nSPS) is 13.2. The van der Waals surface area contributed by atoms with Crippen LogP contribution in [0.4, 0.5) is 11.5 Å². The molecule has 9 heteroatoms. The minimum atomic E-state index is 0.595. The van der Waals surface area contributed by atoms with Gasteiger partial charge in [0.25, 0.3) is 0 Å². The largest absolute Gasteiger partial charge is 0.300 e. The van der Waals surface area contributed by atoms with Gasteiger partial charge in [-0.15, -0.1) is 16.9 Å². The van der Waals surface area contributed by atoms with E-state index < -0.39 is 0 Å². The van der Waals surface area contributed by atoms with Crippen molar-refractivity contribution in [3.05, 3.63) is 47.9 Å². The summed E-state index contributed by atoms with van der Waals surface area (Å²) < 4.78 is 1.77. The molecule has 0 fully saturated rings. The number of thiazole rings is 1. The van der Waals surface area contributed by atoms with Crippen LogP contribution in [0.1, 0.15) is 5.69 Å². The number of nitrogens with one attached hydrogen (secondary N) is 2. The van der Waals surface area contributed by atoms with E-state index in [1.807, 2.05) is 54.2 Å². The Bertz CT molecular complexity index is 1070. The molecule has 0 atom stereocenters. The Balaban J connectivity index is 1.47. The Hall–Kier alpha value is -3.04. The first-order valence-electron chi connectivity index (χ1n) is 7.75. The van der Waals surface area contributed by atoms with E-state index in [9.17, 15) is 0 Å². The number of hydrogen-bond acceptors (Lipinski definition) is 8. The van der Waals surface area contributed by atoms with Gasteiger partial charge in [-0.3, -0.25) is 9.69 Å². The molecule has 0 radical (unpaired) electrons. The number of nitrogens with zero attached hydrogens (tertiary/aromatic N) is 6. The van der Waals surface area contributed by atoms with Gasteiger partial charge in [-0.05, 0) is 24.3 Å². The van der Waals surface area contributed by atoms with Crippen LogP contribution in [-0.2, 0) is 13.6 Å². The lowest BCUT2D eigenvalue weighted by Gasteiger charge is -2.16. The standard InChI is InChI=1S/C16H14N8S/c1-23-7-10(6-18-23)12-4-5-13-15(20-12)24(22-21-13)8-11-2-3-14-16(19-11)25-9-17-14/h2-7,9,21-22H,8H2,1H3. The van der Waals surface area contributed by atoms with Gasteiger partial charge < -0.3 is 5.43 Å². The van der Waals surface area contributed by atoms with Crippen LogP contribution in [0, 0.1) is 0 Å². The van der Waals surface area contributed by atoms with E-state index in [0.717, 1.165) is 38.8 Å². The molecule has 4 aromatic rings. The Kier molecular flexibility index (Phi) is 3.15. The van der Waals surface area contributed by atoms with Crippen molar-refractivity contribution in [3.8, 4) is 11.3 Å². The van der Waals surface area contributed by atoms with Crippen LogP contribution in [0.25, 0.3) is 21.6 Å². The molecule has 0 spiro atoms. The first kappa shape index (κ1) is 14.3. The highest BCUT2D eigenvalue weighted by molar-refractivity contribution is 7.16. The van der Waals surface area contributed by atoms with E-state index in [1.54, 1.807) is 16.0 Å². The molecule has 0 aliphatic carbocycles. The van der Waals surface area contributed by atoms with E-state index in [0.29, 0.717) is 6.54 Å². The zero-order chi connectivity index (χ0) is 16.8. The molecule has 2 N–H and O–H groups in total. The summed E-state index contributed by atoms with van der Waals surface area (Å²) in [5.74, 6) is 0.840. The fourth-order valence-electron chi connectivity index (χ4n) is 2.80. The van der Waals surface area contributed by atoms with Gasteiger partial charge in [-0.25, -0.2) is 15.0 Å². The van der Waals surface area contributed by atoms with E-state index in [2.05, 4.69) is 26.0 Å². The van der Waals surface area contributed by atoms with E-state index >= 15 is 0 Å². The maximum Gasteiger partial charge on any atom is 0.170 e. The second kappa shape index (κ2) is 5.50. The zero-order valence-corrected chi connectivity index (χ0v) is 14.2. The average molecular weight is 350 g/mol. The Morgan fingerprint density at radius 3 is 3.00 bits per heavy atom. The fourth-order valence-corrected chi connectivity index (χ4v) is 3.48. The van der Waals surface area contributed by atoms with Gasteiger partial charge >= 0.3 is 0 Å². The Labute approximate surface area is 147 Å². The van der Waals surface area contributed by atoms with Crippen LogP contribution in [-0.4, -0.2) is 24.7 Å². The summed E-state index contributed by atoms with van der Waals surface area (Å²) in [5, 5.41) is 6.16. The van der Waals surface area contributed by atoms with Gasteiger partial charge in [0.2, 0.25) is 0 Å². The number of aromatic nitrogens is 5. The lowest BCUT2D eigenvalue weighted by molar-refractivity contribution is 0.707. The molecule has 8 nitrogen and oxygen atoms in total. The van der Waals surface area contributed by atoms with E-state index in [4.69, 9.17) is 4.98 Å². The molecule has 5 heterocycles. The molecule has 25 heavy (non-hydrogen) atoms. The summed E-state index contributed by atoms with van der Waals surface area (Å²) in [7, 11) is 1.90. The van der Waals surface area contributed by atoms with Crippen LogP contribution in [0.15, 0.2) is 42.2 Å². The summed E-state index contributed by atoms with van der Waals surface area (Å²) in [5.41, 5.74) is 12.8. The van der Waals surface area contributed by atoms with Gasteiger partial charge in [0.05, 0.1) is 40.8 Å². The van der Waals surface area contributed by atoms with Crippen molar-refractivity contribution in [1.82, 2.24) is 30.3 Å². The highest BCUT2D eigenvalue weighted by Gasteiger charge is 2.22. The van der Waals surface area contributed by atoms with Crippen LogP contribution in [0.3, 0.4) is 0 Å². The molecular formula is C16H14N8S. The number of rotatable bonds is 3. The Morgan fingerprint density at radius 1 is 1.16 bits per heavy atom. The second-order valence-electron chi connectivity index (χ2n) is 5.77. The van der Waals surface area contributed by atoms with Crippen molar-refractivity contribution in [2.45, 2.75) is 6.54 Å². The van der Waals surface area contributed by atoms with Gasteiger partial charge in [-0.1, -0.05) is 0 Å². The van der Waals surface area contributed by atoms with Gasteiger partial charge in [0, 0.05) is 18.8 Å². The smallest absolute Gasteiger partial charge is 0.170 e.